The van der Waals surface area contributed by atoms with Gasteiger partial charge in [-0.25, -0.2) is 0 Å². The van der Waals surface area contributed by atoms with Crippen molar-refractivity contribution in [2.45, 2.75) is 0 Å². The van der Waals surface area contributed by atoms with E-state index in [9.17, 15) is 0 Å². The molecule has 0 N–H and O–H groups in total. The second-order valence-corrected chi connectivity index (χ2v) is 9.36. The van der Waals surface area contributed by atoms with E-state index in [0.29, 0.717) is 0 Å². The van der Waals surface area contributed by atoms with E-state index in [1.54, 1.807) is 0 Å². The summed E-state index contributed by atoms with van der Waals surface area (Å²) in [6.45, 7) is 12.0. The molecule has 0 bridgehead atoms. The highest BCUT2D eigenvalue weighted by Crippen LogP contribution is 2.36. The average Bonchev–Trinajstić information content (AvgIpc) is 3.49. The van der Waals surface area contributed by atoms with E-state index in [1.165, 1.54) is 0 Å². The molecule has 0 fully saturated rings. The zero-order valence-electron chi connectivity index (χ0n) is 20.8. The maximum Gasteiger partial charge on any atom is 0.0963 e. The number of fused-ring (bicyclic) bond motifs is 6. The second kappa shape index (κ2) is 8.43. The molecule has 0 amide bonds. The lowest BCUT2D eigenvalue weighted by atomic mass is 10.1. The van der Waals surface area contributed by atoms with Gasteiger partial charge in [0.25, 0.3) is 0 Å². The van der Waals surface area contributed by atoms with Gasteiger partial charge in [0, 0.05) is 34.5 Å². The van der Waals surface area contributed by atoms with Crippen LogP contribution < -0.4 is 0 Å². The first kappa shape index (κ1) is 22.0. The van der Waals surface area contributed by atoms with Gasteiger partial charge in [-0.2, -0.15) is 0 Å². The number of pyridine rings is 2. The molecular formula is C34H24N4. The molecule has 38 heavy (non-hydrogen) atoms. The molecule has 0 spiro atoms. The average molecular weight is 489 g/mol. The van der Waals surface area contributed by atoms with Gasteiger partial charge in [-0.3, -0.25) is 9.97 Å². The van der Waals surface area contributed by atoms with E-state index in [2.05, 4.69) is 95.6 Å². The molecule has 0 saturated heterocycles. The maximum absolute atomic E-state index is 4.75. The third-order valence-electron chi connectivity index (χ3n) is 7.24. The van der Waals surface area contributed by atoms with Crippen molar-refractivity contribution in [3.63, 3.8) is 0 Å². The zero-order valence-corrected chi connectivity index (χ0v) is 20.8. The topological polar surface area (TPSA) is 35.6 Å². The van der Waals surface area contributed by atoms with Gasteiger partial charge in [-0.1, -0.05) is 50.1 Å². The van der Waals surface area contributed by atoms with E-state index in [0.717, 1.165) is 71.9 Å². The fraction of sp³-hybridized carbons (Fsp3) is 0. The SMILES string of the molecule is C=Cc1cc(-n2c3ccc(C=C)cc3c3ncccc32)cc(-n2c3ccc(C=C)cc3c3ncccc32)c1. The third kappa shape index (κ3) is 3.17. The highest BCUT2D eigenvalue weighted by molar-refractivity contribution is 6.09. The van der Waals surface area contributed by atoms with Crippen LogP contribution in [0.1, 0.15) is 16.7 Å². The van der Waals surface area contributed by atoms with Crippen LogP contribution in [-0.4, -0.2) is 19.1 Å². The monoisotopic (exact) mass is 488 g/mol. The van der Waals surface area contributed by atoms with Crippen molar-refractivity contribution in [2.24, 2.45) is 0 Å². The van der Waals surface area contributed by atoms with Gasteiger partial charge >= 0.3 is 0 Å². The summed E-state index contributed by atoms with van der Waals surface area (Å²) in [6.07, 6.45) is 9.34. The van der Waals surface area contributed by atoms with Gasteiger partial charge in [-0.05, 0) is 83.4 Å². The van der Waals surface area contributed by atoms with E-state index in [-0.39, 0.29) is 0 Å². The minimum Gasteiger partial charge on any atom is -0.308 e. The van der Waals surface area contributed by atoms with Crippen molar-refractivity contribution in [1.82, 2.24) is 19.1 Å². The van der Waals surface area contributed by atoms with Crippen LogP contribution in [-0.2, 0) is 0 Å². The number of hydrogen-bond donors (Lipinski definition) is 0. The van der Waals surface area contributed by atoms with Gasteiger partial charge < -0.3 is 9.13 Å². The van der Waals surface area contributed by atoms with Gasteiger partial charge in [0.1, 0.15) is 0 Å². The van der Waals surface area contributed by atoms with E-state index < -0.39 is 0 Å². The summed E-state index contributed by atoms with van der Waals surface area (Å²) in [5.41, 5.74) is 11.5. The molecule has 180 valence electrons. The molecule has 0 aliphatic rings. The van der Waals surface area contributed by atoms with Crippen molar-refractivity contribution in [3.8, 4) is 11.4 Å². The van der Waals surface area contributed by atoms with Gasteiger partial charge in [0.2, 0.25) is 0 Å². The summed E-state index contributed by atoms with van der Waals surface area (Å²) in [7, 11) is 0. The Morgan fingerprint density at radius 1 is 0.500 bits per heavy atom. The van der Waals surface area contributed by atoms with Crippen LogP contribution in [0, 0.1) is 0 Å². The first-order valence-corrected chi connectivity index (χ1v) is 12.5. The second-order valence-electron chi connectivity index (χ2n) is 9.36. The Kier molecular flexibility index (Phi) is 4.88. The zero-order chi connectivity index (χ0) is 25.8. The molecule has 0 unspecified atom stereocenters. The Morgan fingerprint density at radius 2 is 0.974 bits per heavy atom. The first-order chi connectivity index (χ1) is 18.7. The van der Waals surface area contributed by atoms with Crippen LogP contribution in [0.15, 0.2) is 111 Å². The molecule has 0 aliphatic heterocycles. The smallest absolute Gasteiger partial charge is 0.0963 e. The summed E-state index contributed by atoms with van der Waals surface area (Å²) < 4.78 is 4.56. The summed E-state index contributed by atoms with van der Waals surface area (Å²) >= 11 is 0. The molecule has 0 atom stereocenters. The summed E-state index contributed by atoms with van der Waals surface area (Å²) in [6, 6.07) is 27.6. The number of nitrogens with zero attached hydrogens (tertiary/aromatic N) is 4. The van der Waals surface area contributed by atoms with Gasteiger partial charge in [-0.15, -0.1) is 0 Å². The van der Waals surface area contributed by atoms with Crippen molar-refractivity contribution in [3.05, 3.63) is 128 Å². The predicted molar refractivity (Wildman–Crippen MR) is 161 cm³/mol. The Balaban J connectivity index is 1.57. The Bertz CT molecular complexity index is 1940. The van der Waals surface area contributed by atoms with Crippen LogP contribution >= 0.6 is 0 Å². The Hall–Kier alpha value is -5.22. The molecule has 7 aromatic rings. The van der Waals surface area contributed by atoms with Gasteiger partial charge in [0.05, 0.1) is 33.1 Å². The lowest BCUT2D eigenvalue weighted by Gasteiger charge is -2.14. The Morgan fingerprint density at radius 3 is 1.42 bits per heavy atom. The molecule has 4 heterocycles. The van der Waals surface area contributed by atoms with Crippen LogP contribution in [0.3, 0.4) is 0 Å². The van der Waals surface area contributed by atoms with Gasteiger partial charge in [0.15, 0.2) is 0 Å². The fourth-order valence-corrected chi connectivity index (χ4v) is 5.51. The fourth-order valence-electron chi connectivity index (χ4n) is 5.51. The van der Waals surface area contributed by atoms with Crippen LogP contribution in [0.4, 0.5) is 0 Å². The third-order valence-corrected chi connectivity index (χ3v) is 7.24. The molecule has 0 aliphatic carbocycles. The number of hydrogen-bond acceptors (Lipinski definition) is 2. The molecule has 0 saturated carbocycles. The highest BCUT2D eigenvalue weighted by Gasteiger charge is 2.17. The predicted octanol–water partition coefficient (Wildman–Crippen LogP) is 8.60. The van der Waals surface area contributed by atoms with Crippen molar-refractivity contribution in [1.29, 1.82) is 0 Å². The summed E-state index contributed by atoms with van der Waals surface area (Å²) in [5, 5.41) is 2.20. The molecule has 4 nitrogen and oxygen atoms in total. The van der Waals surface area contributed by atoms with Crippen LogP contribution in [0.5, 0.6) is 0 Å². The molecule has 4 aromatic heterocycles. The molecule has 4 heteroatoms. The van der Waals surface area contributed by atoms with Crippen molar-refractivity contribution in [2.75, 3.05) is 0 Å². The molecular weight excluding hydrogens is 464 g/mol. The first-order valence-electron chi connectivity index (χ1n) is 12.5. The summed E-state index contributed by atoms with van der Waals surface area (Å²) in [5.74, 6) is 0. The number of aromatic nitrogens is 4. The van der Waals surface area contributed by atoms with Crippen molar-refractivity contribution < 1.29 is 0 Å². The van der Waals surface area contributed by atoms with E-state index in [1.807, 2.05) is 42.8 Å². The van der Waals surface area contributed by atoms with E-state index >= 15 is 0 Å². The molecule has 0 radical (unpaired) electrons. The maximum atomic E-state index is 4.75. The van der Waals surface area contributed by atoms with Crippen molar-refractivity contribution >= 4 is 62.1 Å². The normalized spacial score (nSPS) is 11.5. The summed E-state index contributed by atoms with van der Waals surface area (Å²) in [4.78, 5) is 9.49. The van der Waals surface area contributed by atoms with Crippen LogP contribution in [0.2, 0.25) is 0 Å². The minimum atomic E-state index is 0.967. The minimum absolute atomic E-state index is 0.967. The highest BCUT2D eigenvalue weighted by atomic mass is 15.0. The number of rotatable bonds is 5. The quantitative estimate of drug-likeness (QED) is 0.243. The number of benzene rings is 3. The van der Waals surface area contributed by atoms with Crippen LogP contribution in [0.25, 0.3) is 73.5 Å². The largest absolute Gasteiger partial charge is 0.308 e. The lowest BCUT2D eigenvalue weighted by Crippen LogP contribution is -2.00. The molecule has 3 aromatic carbocycles. The standard InChI is InChI=1S/C34H24N4/c1-4-22-11-13-29-27(19-22)33-31(9-7-15-35-33)37(29)25-17-24(6-3)18-26(21-25)38-30-14-12-23(5-2)20-28(30)34-32(38)10-8-16-36-34/h4-21H,1-3H2. The lowest BCUT2D eigenvalue weighted by molar-refractivity contribution is 1.13. The Labute approximate surface area is 220 Å². The molecule has 7 rings (SSSR count). The van der Waals surface area contributed by atoms with E-state index in [4.69, 9.17) is 9.97 Å².